The fourth-order valence-corrected chi connectivity index (χ4v) is 1.24. The summed E-state index contributed by atoms with van der Waals surface area (Å²) in [7, 11) is 0. The van der Waals surface area contributed by atoms with E-state index in [-0.39, 0.29) is 23.9 Å². The maximum atomic E-state index is 13.2. The second-order valence-electron chi connectivity index (χ2n) is 3.59. The average Bonchev–Trinajstić information content (AvgIpc) is 2.24. The van der Waals surface area contributed by atoms with Gasteiger partial charge in [-0.1, -0.05) is 12.1 Å². The van der Waals surface area contributed by atoms with Crippen LogP contribution in [-0.4, -0.2) is 18.5 Å². The van der Waals surface area contributed by atoms with Gasteiger partial charge in [0.15, 0.2) is 11.6 Å². The number of halogens is 2. The molecule has 1 unspecified atom stereocenters. The lowest BCUT2D eigenvalue weighted by Gasteiger charge is -2.11. The van der Waals surface area contributed by atoms with Gasteiger partial charge in [-0.2, -0.15) is 0 Å². The smallest absolute Gasteiger partial charge is 0.224 e. The van der Waals surface area contributed by atoms with Gasteiger partial charge in [0, 0.05) is 18.2 Å². The molecule has 0 bridgehead atoms. The normalized spacial score (nSPS) is 12.2. The maximum Gasteiger partial charge on any atom is 0.224 e. The molecule has 88 valence electrons. The Morgan fingerprint density at radius 1 is 1.50 bits per heavy atom. The van der Waals surface area contributed by atoms with Crippen LogP contribution in [0.3, 0.4) is 0 Å². The SMILES string of the molecule is CC(CN)NC(=O)Cc1cccc(F)c1F. The van der Waals surface area contributed by atoms with Crippen LogP contribution in [0.1, 0.15) is 12.5 Å². The lowest BCUT2D eigenvalue weighted by atomic mass is 10.1. The van der Waals surface area contributed by atoms with Gasteiger partial charge in [0.1, 0.15) is 0 Å². The van der Waals surface area contributed by atoms with Crippen molar-refractivity contribution in [1.29, 1.82) is 0 Å². The van der Waals surface area contributed by atoms with Gasteiger partial charge in [-0.05, 0) is 13.0 Å². The molecule has 0 radical (unpaired) electrons. The van der Waals surface area contributed by atoms with Gasteiger partial charge in [-0.25, -0.2) is 8.78 Å². The van der Waals surface area contributed by atoms with Gasteiger partial charge < -0.3 is 11.1 Å². The molecule has 1 aromatic rings. The van der Waals surface area contributed by atoms with E-state index in [1.54, 1.807) is 6.92 Å². The first-order chi connectivity index (χ1) is 7.54. The van der Waals surface area contributed by atoms with Crippen molar-refractivity contribution in [2.45, 2.75) is 19.4 Å². The van der Waals surface area contributed by atoms with E-state index in [9.17, 15) is 13.6 Å². The van der Waals surface area contributed by atoms with Gasteiger partial charge in [0.25, 0.3) is 0 Å². The molecule has 0 saturated carbocycles. The molecule has 0 aromatic heterocycles. The highest BCUT2D eigenvalue weighted by molar-refractivity contribution is 5.78. The second kappa shape index (κ2) is 5.55. The summed E-state index contributed by atoms with van der Waals surface area (Å²) < 4.78 is 26.0. The number of carbonyl (C=O) groups excluding carboxylic acids is 1. The average molecular weight is 228 g/mol. The van der Waals surface area contributed by atoms with E-state index in [0.29, 0.717) is 6.54 Å². The molecular weight excluding hydrogens is 214 g/mol. The Balaban J connectivity index is 2.66. The number of hydrogen-bond donors (Lipinski definition) is 2. The molecule has 0 heterocycles. The largest absolute Gasteiger partial charge is 0.352 e. The third-order valence-electron chi connectivity index (χ3n) is 2.14. The van der Waals surface area contributed by atoms with E-state index in [4.69, 9.17) is 5.73 Å². The number of carbonyl (C=O) groups is 1. The van der Waals surface area contributed by atoms with Crippen molar-refractivity contribution < 1.29 is 13.6 Å². The number of benzene rings is 1. The Kier molecular flexibility index (Phi) is 4.37. The highest BCUT2D eigenvalue weighted by Crippen LogP contribution is 2.11. The first kappa shape index (κ1) is 12.6. The Morgan fingerprint density at radius 2 is 2.19 bits per heavy atom. The van der Waals surface area contributed by atoms with Gasteiger partial charge >= 0.3 is 0 Å². The molecule has 0 fully saturated rings. The first-order valence-corrected chi connectivity index (χ1v) is 4.97. The summed E-state index contributed by atoms with van der Waals surface area (Å²) in [5.41, 5.74) is 5.36. The van der Waals surface area contributed by atoms with Crippen molar-refractivity contribution in [2.24, 2.45) is 5.73 Å². The highest BCUT2D eigenvalue weighted by atomic mass is 19.2. The molecule has 0 saturated heterocycles. The molecule has 1 amide bonds. The van der Waals surface area contributed by atoms with E-state index in [1.807, 2.05) is 0 Å². The lowest BCUT2D eigenvalue weighted by molar-refractivity contribution is -0.121. The van der Waals surface area contributed by atoms with E-state index in [2.05, 4.69) is 5.32 Å². The molecule has 0 aliphatic heterocycles. The molecule has 0 spiro atoms. The fourth-order valence-electron chi connectivity index (χ4n) is 1.24. The Hall–Kier alpha value is -1.49. The molecule has 0 aliphatic carbocycles. The zero-order valence-electron chi connectivity index (χ0n) is 8.97. The van der Waals surface area contributed by atoms with Gasteiger partial charge in [0.2, 0.25) is 5.91 Å². The Morgan fingerprint density at radius 3 is 2.81 bits per heavy atom. The highest BCUT2D eigenvalue weighted by Gasteiger charge is 2.12. The lowest BCUT2D eigenvalue weighted by Crippen LogP contribution is -2.38. The van der Waals surface area contributed by atoms with Gasteiger partial charge in [0.05, 0.1) is 6.42 Å². The topological polar surface area (TPSA) is 55.1 Å². The molecule has 0 aliphatic rings. The predicted octanol–water partition coefficient (Wildman–Crippen LogP) is 0.971. The summed E-state index contributed by atoms with van der Waals surface area (Å²) in [6, 6.07) is 3.58. The summed E-state index contributed by atoms with van der Waals surface area (Å²) in [6.07, 6.45) is -0.187. The van der Waals surface area contributed by atoms with Crippen LogP contribution >= 0.6 is 0 Å². The Bertz CT molecular complexity index is 382. The maximum absolute atomic E-state index is 13.2. The third kappa shape index (κ3) is 3.27. The van der Waals surface area contributed by atoms with Crippen molar-refractivity contribution in [1.82, 2.24) is 5.32 Å². The van der Waals surface area contributed by atoms with E-state index in [1.165, 1.54) is 12.1 Å². The van der Waals surface area contributed by atoms with Crippen LogP contribution in [0, 0.1) is 11.6 Å². The van der Waals surface area contributed by atoms with Crippen LogP contribution in [0.5, 0.6) is 0 Å². The van der Waals surface area contributed by atoms with E-state index < -0.39 is 11.6 Å². The molecule has 3 nitrogen and oxygen atoms in total. The number of rotatable bonds is 4. The van der Waals surface area contributed by atoms with Crippen molar-refractivity contribution >= 4 is 5.91 Å². The van der Waals surface area contributed by atoms with Gasteiger partial charge in [-0.3, -0.25) is 4.79 Å². The van der Waals surface area contributed by atoms with Crippen LogP contribution in [0.15, 0.2) is 18.2 Å². The molecular formula is C11H14F2N2O. The third-order valence-corrected chi connectivity index (χ3v) is 2.14. The number of amides is 1. The minimum Gasteiger partial charge on any atom is -0.352 e. The summed E-state index contributed by atoms with van der Waals surface area (Å²) in [4.78, 5) is 11.4. The second-order valence-corrected chi connectivity index (χ2v) is 3.59. The minimum atomic E-state index is -0.974. The summed E-state index contributed by atoms with van der Waals surface area (Å²) in [6.45, 7) is 2.04. The van der Waals surface area contributed by atoms with Crippen molar-refractivity contribution in [3.63, 3.8) is 0 Å². The number of nitrogens with two attached hydrogens (primary N) is 1. The standard InChI is InChI=1S/C11H14F2N2O/c1-7(6-14)15-10(16)5-8-3-2-4-9(12)11(8)13/h2-4,7H,5-6,14H2,1H3,(H,15,16). The van der Waals surface area contributed by atoms with Crippen LogP contribution in [0.2, 0.25) is 0 Å². The number of nitrogens with one attached hydrogen (secondary N) is 1. The fraction of sp³-hybridized carbons (Fsp3) is 0.364. The minimum absolute atomic E-state index is 0.0433. The van der Waals surface area contributed by atoms with E-state index in [0.717, 1.165) is 6.07 Å². The van der Waals surface area contributed by atoms with Gasteiger partial charge in [-0.15, -0.1) is 0 Å². The molecule has 1 aromatic carbocycles. The Labute approximate surface area is 92.6 Å². The molecule has 3 N–H and O–H groups in total. The van der Waals surface area contributed by atoms with Crippen molar-refractivity contribution in [2.75, 3.05) is 6.54 Å². The quantitative estimate of drug-likeness (QED) is 0.806. The summed E-state index contributed by atoms with van der Waals surface area (Å²) in [5.74, 6) is -2.29. The first-order valence-electron chi connectivity index (χ1n) is 4.97. The molecule has 5 heteroatoms. The summed E-state index contributed by atoms with van der Waals surface area (Å²) >= 11 is 0. The van der Waals surface area contributed by atoms with Crippen LogP contribution < -0.4 is 11.1 Å². The molecule has 1 atom stereocenters. The zero-order valence-corrected chi connectivity index (χ0v) is 8.97. The van der Waals surface area contributed by atoms with Crippen LogP contribution in [0.4, 0.5) is 8.78 Å². The number of hydrogen-bond acceptors (Lipinski definition) is 2. The predicted molar refractivity (Wildman–Crippen MR) is 56.7 cm³/mol. The van der Waals surface area contributed by atoms with Crippen molar-refractivity contribution in [3.8, 4) is 0 Å². The van der Waals surface area contributed by atoms with Crippen LogP contribution in [0.25, 0.3) is 0 Å². The molecule has 16 heavy (non-hydrogen) atoms. The summed E-state index contributed by atoms with van der Waals surface area (Å²) in [5, 5.41) is 2.57. The van der Waals surface area contributed by atoms with E-state index >= 15 is 0 Å². The zero-order chi connectivity index (χ0) is 12.1. The monoisotopic (exact) mass is 228 g/mol. The molecule has 1 rings (SSSR count). The van der Waals surface area contributed by atoms with Crippen LogP contribution in [-0.2, 0) is 11.2 Å². The van der Waals surface area contributed by atoms with Crippen molar-refractivity contribution in [3.05, 3.63) is 35.4 Å².